The Balaban J connectivity index is 2.53. The van der Waals surface area contributed by atoms with Gasteiger partial charge in [-0.3, -0.25) is 0 Å². The van der Waals surface area contributed by atoms with E-state index in [1.54, 1.807) is 10.8 Å². The molecule has 0 spiro atoms. The molecule has 1 aromatic heterocycles. The van der Waals surface area contributed by atoms with E-state index in [2.05, 4.69) is 0 Å². The van der Waals surface area contributed by atoms with Crippen molar-refractivity contribution < 1.29 is 18.3 Å². The van der Waals surface area contributed by atoms with E-state index < -0.39 is 15.8 Å². The van der Waals surface area contributed by atoms with Gasteiger partial charge in [-0.15, -0.1) is 0 Å². The summed E-state index contributed by atoms with van der Waals surface area (Å²) < 4.78 is 24.2. The van der Waals surface area contributed by atoms with Gasteiger partial charge in [0.25, 0.3) is 0 Å². The summed E-state index contributed by atoms with van der Waals surface area (Å²) in [7, 11) is -3.11. The highest BCUT2D eigenvalue weighted by atomic mass is 32.2. The zero-order valence-corrected chi connectivity index (χ0v) is 8.12. The molecule has 1 aromatic rings. The summed E-state index contributed by atoms with van der Waals surface area (Å²) in [6, 6.07) is 1.44. The maximum absolute atomic E-state index is 11.3. The topological polar surface area (TPSA) is 76.4 Å². The summed E-state index contributed by atoms with van der Waals surface area (Å²) in [5.41, 5.74) is 0.483. The fraction of sp³-hybridized carbons (Fsp3) is 0.375. The largest absolute Gasteiger partial charge is 0.478 e. The molecule has 2 heterocycles. The van der Waals surface area contributed by atoms with E-state index in [4.69, 9.17) is 5.11 Å². The van der Waals surface area contributed by atoms with Crippen LogP contribution in [0.3, 0.4) is 0 Å². The number of fused-ring (bicyclic) bond motifs is 1. The van der Waals surface area contributed by atoms with Gasteiger partial charge in [0.05, 0.1) is 17.1 Å². The lowest BCUT2D eigenvalue weighted by Gasteiger charge is -2.16. The van der Waals surface area contributed by atoms with Crippen molar-refractivity contribution in [2.45, 2.75) is 12.3 Å². The van der Waals surface area contributed by atoms with Crippen LogP contribution >= 0.6 is 0 Å². The van der Waals surface area contributed by atoms with Crippen LogP contribution < -0.4 is 0 Å². The summed E-state index contributed by atoms with van der Waals surface area (Å²) in [6.07, 6.45) is 1.62. The van der Waals surface area contributed by atoms with Crippen molar-refractivity contribution in [1.29, 1.82) is 0 Å². The van der Waals surface area contributed by atoms with Crippen molar-refractivity contribution >= 4 is 15.8 Å². The summed E-state index contributed by atoms with van der Waals surface area (Å²) in [5.74, 6) is -1.15. The number of aromatic carboxylic acids is 1. The number of hydrogen-bond acceptors (Lipinski definition) is 3. The predicted molar refractivity (Wildman–Crippen MR) is 48.9 cm³/mol. The molecular weight excluding hydrogens is 206 g/mol. The third kappa shape index (κ3) is 1.41. The summed E-state index contributed by atoms with van der Waals surface area (Å²) in [4.78, 5) is 10.7. The number of sulfone groups is 1. The van der Waals surface area contributed by atoms with E-state index in [1.165, 1.54) is 6.07 Å². The minimum atomic E-state index is -3.11. The summed E-state index contributed by atoms with van der Waals surface area (Å²) >= 11 is 0. The second-order valence-corrected chi connectivity index (χ2v) is 5.45. The predicted octanol–water partition coefficient (Wildman–Crippen LogP) is 0.115. The maximum Gasteiger partial charge on any atom is 0.337 e. The lowest BCUT2D eigenvalue weighted by molar-refractivity contribution is 0.0696. The monoisotopic (exact) mass is 215 g/mol. The summed E-state index contributed by atoms with van der Waals surface area (Å²) in [5, 5.41) is 8.79. The average Bonchev–Trinajstić information content (AvgIpc) is 2.44. The van der Waals surface area contributed by atoms with Crippen LogP contribution in [0, 0.1) is 0 Å². The molecule has 0 bridgehead atoms. The number of aryl methyl sites for hydroxylation is 1. The number of carboxylic acid groups (broad SMARTS) is 1. The molecule has 0 fully saturated rings. The Morgan fingerprint density at radius 3 is 2.86 bits per heavy atom. The SMILES string of the molecule is O=C(O)c1ccn2c1CS(=O)(=O)CC2. The van der Waals surface area contributed by atoms with Gasteiger partial charge < -0.3 is 9.67 Å². The first-order chi connectivity index (χ1) is 6.49. The second kappa shape index (κ2) is 2.84. The molecule has 0 radical (unpaired) electrons. The number of nitrogens with zero attached hydrogens (tertiary/aromatic N) is 1. The molecule has 0 aromatic carbocycles. The Hall–Kier alpha value is -1.30. The van der Waals surface area contributed by atoms with Crippen LogP contribution in [-0.4, -0.2) is 29.8 Å². The van der Waals surface area contributed by atoms with Gasteiger partial charge in [0.2, 0.25) is 0 Å². The molecule has 6 heteroatoms. The standard InChI is InChI=1S/C8H9NO4S/c10-8(11)6-1-2-9-3-4-14(12,13)5-7(6)9/h1-2H,3-5H2,(H,10,11). The van der Waals surface area contributed by atoms with Gasteiger partial charge in [0, 0.05) is 18.4 Å². The molecule has 0 amide bonds. The zero-order valence-electron chi connectivity index (χ0n) is 7.30. The minimum Gasteiger partial charge on any atom is -0.478 e. The maximum atomic E-state index is 11.3. The van der Waals surface area contributed by atoms with Crippen LogP contribution in [-0.2, 0) is 22.1 Å². The van der Waals surface area contributed by atoms with Crippen LogP contribution in [0.4, 0.5) is 0 Å². The molecule has 14 heavy (non-hydrogen) atoms. The molecule has 1 aliphatic rings. The van der Waals surface area contributed by atoms with E-state index in [9.17, 15) is 13.2 Å². The summed E-state index contributed by atoms with van der Waals surface area (Å²) in [6.45, 7) is 0.352. The number of rotatable bonds is 1. The molecule has 0 saturated carbocycles. The van der Waals surface area contributed by atoms with Crippen LogP contribution in [0.1, 0.15) is 16.1 Å². The number of aromatic nitrogens is 1. The van der Waals surface area contributed by atoms with Crippen LogP contribution in [0.25, 0.3) is 0 Å². The van der Waals surface area contributed by atoms with Gasteiger partial charge in [-0.1, -0.05) is 0 Å². The molecule has 0 unspecified atom stereocenters. The quantitative estimate of drug-likeness (QED) is 0.721. The highest BCUT2D eigenvalue weighted by Gasteiger charge is 2.25. The molecule has 1 aliphatic heterocycles. The Morgan fingerprint density at radius 2 is 2.21 bits per heavy atom. The van der Waals surface area contributed by atoms with Crippen molar-refractivity contribution in [3.8, 4) is 0 Å². The third-order valence-electron chi connectivity index (χ3n) is 2.31. The average molecular weight is 215 g/mol. The molecule has 2 rings (SSSR count). The van der Waals surface area contributed by atoms with E-state index >= 15 is 0 Å². The van der Waals surface area contributed by atoms with Gasteiger partial charge in [-0.2, -0.15) is 0 Å². The lowest BCUT2D eigenvalue weighted by atomic mass is 10.2. The van der Waals surface area contributed by atoms with Crippen molar-refractivity contribution in [2.75, 3.05) is 5.75 Å². The number of carboxylic acids is 1. The Labute approximate surface area is 80.9 Å². The van der Waals surface area contributed by atoms with Crippen LogP contribution in [0.2, 0.25) is 0 Å². The fourth-order valence-electron chi connectivity index (χ4n) is 1.59. The smallest absolute Gasteiger partial charge is 0.337 e. The van der Waals surface area contributed by atoms with Gasteiger partial charge in [0.15, 0.2) is 9.84 Å². The molecule has 0 atom stereocenters. The molecular formula is C8H9NO4S. The van der Waals surface area contributed by atoms with Gasteiger partial charge in [-0.05, 0) is 6.07 Å². The molecule has 1 N–H and O–H groups in total. The third-order valence-corrected chi connectivity index (χ3v) is 3.83. The van der Waals surface area contributed by atoms with Crippen molar-refractivity contribution in [2.24, 2.45) is 0 Å². The highest BCUT2D eigenvalue weighted by molar-refractivity contribution is 7.90. The molecule has 0 aliphatic carbocycles. The van der Waals surface area contributed by atoms with Gasteiger partial charge in [-0.25, -0.2) is 13.2 Å². The first-order valence-corrected chi connectivity index (χ1v) is 5.93. The van der Waals surface area contributed by atoms with E-state index in [0.29, 0.717) is 12.2 Å². The van der Waals surface area contributed by atoms with Gasteiger partial charge in [0.1, 0.15) is 0 Å². The highest BCUT2D eigenvalue weighted by Crippen LogP contribution is 2.19. The Kier molecular flexibility index (Phi) is 1.88. The van der Waals surface area contributed by atoms with Crippen molar-refractivity contribution in [1.82, 2.24) is 4.57 Å². The van der Waals surface area contributed by atoms with E-state index in [-0.39, 0.29) is 17.1 Å². The van der Waals surface area contributed by atoms with Crippen molar-refractivity contribution in [3.63, 3.8) is 0 Å². The van der Waals surface area contributed by atoms with E-state index in [1.807, 2.05) is 0 Å². The Bertz CT molecular complexity index is 485. The normalized spacial score (nSPS) is 18.9. The number of hydrogen-bond donors (Lipinski definition) is 1. The first-order valence-electron chi connectivity index (χ1n) is 4.11. The van der Waals surface area contributed by atoms with E-state index in [0.717, 1.165) is 0 Å². The van der Waals surface area contributed by atoms with Crippen LogP contribution in [0.15, 0.2) is 12.3 Å². The first kappa shape index (κ1) is 9.26. The number of carbonyl (C=O) groups is 1. The second-order valence-electron chi connectivity index (χ2n) is 3.27. The van der Waals surface area contributed by atoms with Crippen molar-refractivity contribution in [3.05, 3.63) is 23.5 Å². The van der Waals surface area contributed by atoms with Gasteiger partial charge >= 0.3 is 5.97 Å². The molecule has 0 saturated heterocycles. The molecule has 76 valence electrons. The fourth-order valence-corrected chi connectivity index (χ4v) is 2.95. The Morgan fingerprint density at radius 1 is 1.50 bits per heavy atom. The minimum absolute atomic E-state index is 0.0910. The zero-order chi connectivity index (χ0) is 10.3. The lowest BCUT2D eigenvalue weighted by Crippen LogP contribution is -2.24. The van der Waals surface area contributed by atoms with Crippen LogP contribution in [0.5, 0.6) is 0 Å². The molecule has 5 nitrogen and oxygen atoms in total.